The second-order valence-corrected chi connectivity index (χ2v) is 6.48. The molecule has 132 valence electrons. The smallest absolute Gasteiger partial charge is 0.242 e. The number of aryl methyl sites for hydroxylation is 1. The van der Waals surface area contributed by atoms with Gasteiger partial charge in [-0.3, -0.25) is 9.59 Å². The van der Waals surface area contributed by atoms with Crippen molar-refractivity contribution in [3.05, 3.63) is 47.3 Å². The number of para-hydroxylation sites is 1. The summed E-state index contributed by atoms with van der Waals surface area (Å²) in [5, 5.41) is 10.3. The minimum absolute atomic E-state index is 0.0840. The van der Waals surface area contributed by atoms with Gasteiger partial charge in [-0.2, -0.15) is 5.10 Å². The highest BCUT2D eigenvalue weighted by Crippen LogP contribution is 2.18. The summed E-state index contributed by atoms with van der Waals surface area (Å²) >= 11 is 0. The zero-order chi connectivity index (χ0) is 17.8. The Hall–Kier alpha value is -2.63. The predicted octanol–water partition coefficient (Wildman–Crippen LogP) is 1.82. The quantitative estimate of drug-likeness (QED) is 0.891. The molecule has 0 aliphatic carbocycles. The third-order valence-corrected chi connectivity index (χ3v) is 4.65. The first kappa shape index (κ1) is 17.2. The van der Waals surface area contributed by atoms with Crippen molar-refractivity contribution in [2.45, 2.75) is 45.6 Å². The van der Waals surface area contributed by atoms with E-state index in [1.807, 2.05) is 48.9 Å². The number of aromatic nitrogens is 2. The van der Waals surface area contributed by atoms with Gasteiger partial charge in [-0.25, -0.2) is 4.68 Å². The van der Waals surface area contributed by atoms with Crippen molar-refractivity contribution >= 4 is 11.8 Å². The summed E-state index contributed by atoms with van der Waals surface area (Å²) in [4.78, 5) is 24.4. The van der Waals surface area contributed by atoms with Gasteiger partial charge in [0.15, 0.2) is 0 Å². The van der Waals surface area contributed by atoms with Crippen molar-refractivity contribution in [1.29, 1.82) is 0 Å². The Kier molecular flexibility index (Phi) is 5.16. The van der Waals surface area contributed by atoms with E-state index >= 15 is 0 Å². The Bertz CT molecular complexity index is 767. The lowest BCUT2D eigenvalue weighted by Gasteiger charge is -2.15. The molecule has 6 nitrogen and oxygen atoms in total. The van der Waals surface area contributed by atoms with Crippen molar-refractivity contribution in [3.8, 4) is 5.69 Å². The highest BCUT2D eigenvalue weighted by Gasteiger charge is 2.23. The number of carbonyl (C=O) groups is 2. The summed E-state index contributed by atoms with van der Waals surface area (Å²) in [7, 11) is 0. The molecule has 1 aromatic heterocycles. The van der Waals surface area contributed by atoms with Crippen LogP contribution in [0.1, 0.15) is 36.2 Å². The van der Waals surface area contributed by atoms with E-state index in [4.69, 9.17) is 0 Å². The van der Waals surface area contributed by atoms with Gasteiger partial charge in [0.2, 0.25) is 11.8 Å². The molecule has 2 N–H and O–H groups in total. The highest BCUT2D eigenvalue weighted by atomic mass is 16.2. The maximum atomic E-state index is 12.5. The average molecular weight is 340 g/mol. The Morgan fingerprint density at radius 1 is 1.28 bits per heavy atom. The van der Waals surface area contributed by atoms with Crippen LogP contribution in [0, 0.1) is 13.8 Å². The van der Waals surface area contributed by atoms with Crippen LogP contribution in [-0.4, -0.2) is 34.2 Å². The van der Waals surface area contributed by atoms with Gasteiger partial charge in [0.05, 0.1) is 17.8 Å². The fraction of sp³-hybridized carbons (Fsp3) is 0.421. The number of amides is 2. The van der Waals surface area contributed by atoms with Crippen LogP contribution in [0.2, 0.25) is 0 Å². The van der Waals surface area contributed by atoms with E-state index in [9.17, 15) is 9.59 Å². The molecule has 1 atom stereocenters. The van der Waals surface area contributed by atoms with Gasteiger partial charge < -0.3 is 10.6 Å². The monoisotopic (exact) mass is 340 g/mol. The standard InChI is InChI=1S/C19H24N4O2/c1-13-16(14(2)23(22-13)15-8-4-3-5-9-15)12-18(24)21-17-10-6-7-11-20-19(17)25/h3-5,8-9,17H,6-7,10-12H2,1-2H3,(H,20,25)(H,21,24)/t17-/m0/s1. The number of benzene rings is 1. The lowest BCUT2D eigenvalue weighted by atomic mass is 10.1. The summed E-state index contributed by atoms with van der Waals surface area (Å²) < 4.78 is 1.86. The summed E-state index contributed by atoms with van der Waals surface area (Å²) in [6.45, 7) is 4.56. The van der Waals surface area contributed by atoms with E-state index in [0.29, 0.717) is 13.0 Å². The van der Waals surface area contributed by atoms with Gasteiger partial charge in [-0.05, 0) is 45.2 Å². The fourth-order valence-electron chi connectivity index (χ4n) is 3.23. The summed E-state index contributed by atoms with van der Waals surface area (Å²) in [6.07, 6.45) is 2.82. The summed E-state index contributed by atoms with van der Waals surface area (Å²) in [5.74, 6) is -0.222. The number of hydrogen-bond donors (Lipinski definition) is 2. The van der Waals surface area contributed by atoms with E-state index < -0.39 is 6.04 Å². The molecular formula is C19H24N4O2. The molecule has 0 unspecified atom stereocenters. The predicted molar refractivity (Wildman–Crippen MR) is 95.5 cm³/mol. The second kappa shape index (κ2) is 7.51. The van der Waals surface area contributed by atoms with E-state index in [0.717, 1.165) is 35.5 Å². The van der Waals surface area contributed by atoms with Crippen LogP contribution in [0.3, 0.4) is 0 Å². The minimum atomic E-state index is -0.431. The largest absolute Gasteiger partial charge is 0.354 e. The lowest BCUT2D eigenvalue weighted by molar-refractivity contribution is -0.128. The Morgan fingerprint density at radius 2 is 2.04 bits per heavy atom. The number of nitrogens with zero attached hydrogens (tertiary/aromatic N) is 2. The van der Waals surface area contributed by atoms with E-state index in [1.54, 1.807) is 0 Å². The van der Waals surface area contributed by atoms with Gasteiger partial charge in [0.25, 0.3) is 0 Å². The van der Waals surface area contributed by atoms with Crippen LogP contribution in [0.15, 0.2) is 30.3 Å². The highest BCUT2D eigenvalue weighted by molar-refractivity contribution is 5.88. The number of carbonyl (C=O) groups excluding carboxylic acids is 2. The molecule has 6 heteroatoms. The molecule has 0 radical (unpaired) electrons. The summed E-state index contributed by atoms with van der Waals surface area (Å²) in [5.41, 5.74) is 3.67. The van der Waals surface area contributed by atoms with Gasteiger partial charge in [-0.15, -0.1) is 0 Å². The number of hydrogen-bond acceptors (Lipinski definition) is 3. The van der Waals surface area contributed by atoms with Crippen LogP contribution in [0.25, 0.3) is 5.69 Å². The molecule has 1 fully saturated rings. The second-order valence-electron chi connectivity index (χ2n) is 6.48. The molecule has 1 aliphatic rings. The normalized spacial score (nSPS) is 17.7. The molecule has 25 heavy (non-hydrogen) atoms. The van der Waals surface area contributed by atoms with Gasteiger partial charge in [-0.1, -0.05) is 18.2 Å². The van der Waals surface area contributed by atoms with E-state index in [-0.39, 0.29) is 18.2 Å². The van der Waals surface area contributed by atoms with E-state index in [1.165, 1.54) is 0 Å². The molecule has 2 aromatic rings. The Labute approximate surface area is 147 Å². The molecular weight excluding hydrogens is 316 g/mol. The Morgan fingerprint density at radius 3 is 2.80 bits per heavy atom. The van der Waals surface area contributed by atoms with Crippen molar-refractivity contribution in [1.82, 2.24) is 20.4 Å². The lowest BCUT2D eigenvalue weighted by Crippen LogP contribution is -2.46. The van der Waals surface area contributed by atoms with Crippen LogP contribution >= 0.6 is 0 Å². The third-order valence-electron chi connectivity index (χ3n) is 4.65. The molecule has 1 aromatic carbocycles. The maximum absolute atomic E-state index is 12.5. The van der Waals surface area contributed by atoms with E-state index in [2.05, 4.69) is 15.7 Å². The Balaban J connectivity index is 1.73. The fourth-order valence-corrected chi connectivity index (χ4v) is 3.23. The minimum Gasteiger partial charge on any atom is -0.354 e. The molecule has 2 amide bonds. The molecule has 2 heterocycles. The first-order valence-electron chi connectivity index (χ1n) is 8.74. The first-order valence-corrected chi connectivity index (χ1v) is 8.74. The summed E-state index contributed by atoms with van der Waals surface area (Å²) in [6, 6.07) is 9.42. The SMILES string of the molecule is Cc1nn(-c2ccccc2)c(C)c1CC(=O)N[C@H]1CCCCNC1=O. The van der Waals surface area contributed by atoms with Crippen LogP contribution in [0.5, 0.6) is 0 Å². The van der Waals surface area contributed by atoms with Gasteiger partial charge in [0, 0.05) is 17.8 Å². The zero-order valence-corrected chi connectivity index (χ0v) is 14.7. The molecule has 1 aliphatic heterocycles. The van der Waals surface area contributed by atoms with Crippen LogP contribution < -0.4 is 10.6 Å². The van der Waals surface area contributed by atoms with Crippen molar-refractivity contribution in [2.24, 2.45) is 0 Å². The van der Waals surface area contributed by atoms with Crippen molar-refractivity contribution in [3.63, 3.8) is 0 Å². The van der Waals surface area contributed by atoms with Crippen molar-refractivity contribution < 1.29 is 9.59 Å². The average Bonchev–Trinajstić information content (AvgIpc) is 2.76. The third kappa shape index (κ3) is 3.90. The molecule has 1 saturated heterocycles. The maximum Gasteiger partial charge on any atom is 0.242 e. The molecule has 0 bridgehead atoms. The molecule has 0 saturated carbocycles. The number of nitrogens with one attached hydrogen (secondary N) is 2. The van der Waals surface area contributed by atoms with Crippen molar-refractivity contribution in [2.75, 3.05) is 6.54 Å². The number of rotatable bonds is 4. The van der Waals surface area contributed by atoms with Gasteiger partial charge in [0.1, 0.15) is 6.04 Å². The topological polar surface area (TPSA) is 76.0 Å². The zero-order valence-electron chi connectivity index (χ0n) is 14.7. The van der Waals surface area contributed by atoms with Gasteiger partial charge >= 0.3 is 0 Å². The molecule has 3 rings (SSSR count). The first-order chi connectivity index (χ1) is 12.1. The van der Waals surface area contributed by atoms with Crippen LogP contribution in [0.4, 0.5) is 0 Å². The van der Waals surface area contributed by atoms with Crippen LogP contribution in [-0.2, 0) is 16.0 Å². The molecule has 0 spiro atoms.